The van der Waals surface area contributed by atoms with E-state index in [9.17, 15) is 4.79 Å². The fraction of sp³-hybridized carbons (Fsp3) is 0.875. The van der Waals surface area contributed by atoms with Crippen molar-refractivity contribution in [2.75, 3.05) is 0 Å². The minimum Gasteiger partial charge on any atom is -0.303 e. The summed E-state index contributed by atoms with van der Waals surface area (Å²) >= 11 is 0. The van der Waals surface area contributed by atoms with Crippen molar-refractivity contribution in [3.8, 4) is 0 Å². The molecule has 0 atom stereocenters. The van der Waals surface area contributed by atoms with E-state index in [1.165, 1.54) is 38.4 Å². The summed E-state index contributed by atoms with van der Waals surface area (Å²) in [6, 6.07) is 0. The van der Waals surface area contributed by atoms with E-state index in [2.05, 4.69) is 0 Å². The van der Waals surface area contributed by atoms with Crippen LogP contribution in [0, 0.1) is 11.3 Å². The Morgan fingerprint density at radius 2 is 2.22 bits per heavy atom. The van der Waals surface area contributed by atoms with Gasteiger partial charge in [0.15, 0.2) is 0 Å². The summed E-state index contributed by atoms with van der Waals surface area (Å²) in [7, 11) is 0. The molecule has 3 aliphatic rings. The summed E-state index contributed by atoms with van der Waals surface area (Å²) in [4.78, 5) is 10.5. The minimum atomic E-state index is 0.183. The van der Waals surface area contributed by atoms with Crippen molar-refractivity contribution in [2.45, 2.75) is 32.1 Å². The smallest absolute Gasteiger partial charge is 0.126 e. The molecule has 1 heteroatoms. The summed E-state index contributed by atoms with van der Waals surface area (Å²) in [5, 5.41) is 0. The number of aldehydes is 1. The van der Waals surface area contributed by atoms with Crippen LogP contribution in [-0.4, -0.2) is 6.29 Å². The molecule has 0 saturated heterocycles. The van der Waals surface area contributed by atoms with E-state index < -0.39 is 0 Å². The summed E-state index contributed by atoms with van der Waals surface area (Å²) in [5.41, 5.74) is 0.183. The Morgan fingerprint density at radius 1 is 1.44 bits per heavy atom. The third-order valence-corrected chi connectivity index (χ3v) is 2.93. The van der Waals surface area contributed by atoms with Crippen LogP contribution in [0.2, 0.25) is 0 Å². The van der Waals surface area contributed by atoms with Crippen LogP contribution < -0.4 is 0 Å². The molecule has 3 aliphatic carbocycles. The highest BCUT2D eigenvalue weighted by atomic mass is 16.1. The van der Waals surface area contributed by atoms with E-state index in [-0.39, 0.29) is 5.41 Å². The molecule has 3 rings (SSSR count). The van der Waals surface area contributed by atoms with E-state index >= 15 is 0 Å². The van der Waals surface area contributed by atoms with E-state index in [0.717, 1.165) is 5.92 Å². The molecule has 2 bridgehead atoms. The average Bonchev–Trinajstić information content (AvgIpc) is 1.88. The highest BCUT2D eigenvalue weighted by Crippen LogP contribution is 2.54. The molecule has 3 saturated carbocycles. The van der Waals surface area contributed by atoms with Gasteiger partial charge in [-0.3, -0.25) is 0 Å². The molecular formula is C8H12O. The van der Waals surface area contributed by atoms with Gasteiger partial charge in [-0.1, -0.05) is 12.8 Å². The van der Waals surface area contributed by atoms with E-state index in [1.807, 2.05) is 0 Å². The van der Waals surface area contributed by atoms with Gasteiger partial charge in [-0.2, -0.15) is 0 Å². The van der Waals surface area contributed by atoms with Crippen molar-refractivity contribution in [1.82, 2.24) is 0 Å². The zero-order valence-corrected chi connectivity index (χ0v) is 5.60. The Balaban J connectivity index is 2.09. The lowest BCUT2D eigenvalue weighted by Gasteiger charge is -2.48. The van der Waals surface area contributed by atoms with Gasteiger partial charge in [0.1, 0.15) is 6.29 Å². The lowest BCUT2D eigenvalue weighted by Crippen LogP contribution is -2.42. The number of carbonyl (C=O) groups is 1. The highest BCUT2D eigenvalue weighted by Gasteiger charge is 2.46. The van der Waals surface area contributed by atoms with Gasteiger partial charge in [-0.05, 0) is 25.2 Å². The lowest BCUT2D eigenvalue weighted by atomic mass is 9.55. The first kappa shape index (κ1) is 5.45. The van der Waals surface area contributed by atoms with Crippen LogP contribution >= 0.6 is 0 Å². The molecule has 0 aromatic rings. The third-order valence-electron chi connectivity index (χ3n) is 2.93. The van der Waals surface area contributed by atoms with Gasteiger partial charge in [-0.25, -0.2) is 0 Å². The quantitative estimate of drug-likeness (QED) is 0.487. The van der Waals surface area contributed by atoms with Crippen molar-refractivity contribution in [1.29, 1.82) is 0 Å². The number of hydrogen-bond donors (Lipinski definition) is 0. The minimum absolute atomic E-state index is 0.183. The SMILES string of the molecule is O=CC12CCCC(C1)C2. The lowest BCUT2D eigenvalue weighted by molar-refractivity contribution is -0.128. The van der Waals surface area contributed by atoms with E-state index in [4.69, 9.17) is 0 Å². The molecule has 0 N–H and O–H groups in total. The molecule has 0 spiro atoms. The molecule has 0 aliphatic heterocycles. The first-order valence-corrected chi connectivity index (χ1v) is 3.81. The van der Waals surface area contributed by atoms with E-state index in [0.29, 0.717) is 0 Å². The van der Waals surface area contributed by atoms with Gasteiger partial charge in [0.05, 0.1) is 0 Å². The maximum atomic E-state index is 10.5. The van der Waals surface area contributed by atoms with E-state index in [1.54, 1.807) is 0 Å². The predicted octanol–water partition coefficient (Wildman–Crippen LogP) is 1.77. The maximum Gasteiger partial charge on any atom is 0.126 e. The Bertz CT molecular complexity index is 128. The Hall–Kier alpha value is -0.330. The Labute approximate surface area is 55.4 Å². The van der Waals surface area contributed by atoms with Crippen molar-refractivity contribution in [3.63, 3.8) is 0 Å². The predicted molar refractivity (Wildman–Crippen MR) is 35.1 cm³/mol. The molecule has 1 nitrogen and oxygen atoms in total. The molecule has 0 aromatic heterocycles. The van der Waals surface area contributed by atoms with Crippen LogP contribution in [-0.2, 0) is 4.79 Å². The largest absolute Gasteiger partial charge is 0.303 e. The average molecular weight is 124 g/mol. The monoisotopic (exact) mass is 124 g/mol. The van der Waals surface area contributed by atoms with Crippen LogP contribution in [0.1, 0.15) is 32.1 Å². The van der Waals surface area contributed by atoms with Crippen molar-refractivity contribution in [2.24, 2.45) is 11.3 Å². The first-order valence-electron chi connectivity index (χ1n) is 3.81. The standard InChI is InChI=1S/C8H12O/c9-6-8-3-1-2-7(4-8)5-8/h6-7H,1-5H2. The zero-order valence-electron chi connectivity index (χ0n) is 5.60. The highest BCUT2D eigenvalue weighted by molar-refractivity contribution is 5.61. The second-order valence-electron chi connectivity index (χ2n) is 3.65. The number of hydrogen-bond acceptors (Lipinski definition) is 1. The molecule has 50 valence electrons. The summed E-state index contributed by atoms with van der Waals surface area (Å²) in [6.07, 6.45) is 7.46. The van der Waals surface area contributed by atoms with Gasteiger partial charge < -0.3 is 4.79 Å². The van der Waals surface area contributed by atoms with Crippen LogP contribution in [0.5, 0.6) is 0 Å². The fourth-order valence-electron chi connectivity index (χ4n) is 2.40. The van der Waals surface area contributed by atoms with Crippen LogP contribution in [0.4, 0.5) is 0 Å². The van der Waals surface area contributed by atoms with Gasteiger partial charge in [0.25, 0.3) is 0 Å². The topological polar surface area (TPSA) is 17.1 Å². The summed E-state index contributed by atoms with van der Waals surface area (Å²) in [5.74, 6) is 0.920. The molecular weight excluding hydrogens is 112 g/mol. The number of carbonyl (C=O) groups excluding carboxylic acids is 1. The van der Waals surface area contributed by atoms with Gasteiger partial charge in [-0.15, -0.1) is 0 Å². The second kappa shape index (κ2) is 1.59. The van der Waals surface area contributed by atoms with Gasteiger partial charge in [0.2, 0.25) is 0 Å². The van der Waals surface area contributed by atoms with Gasteiger partial charge in [0, 0.05) is 5.41 Å². The third kappa shape index (κ3) is 0.637. The van der Waals surface area contributed by atoms with Crippen molar-refractivity contribution >= 4 is 6.29 Å². The number of rotatable bonds is 1. The Kier molecular flexibility index (Phi) is 0.961. The maximum absolute atomic E-state index is 10.5. The summed E-state index contributed by atoms with van der Waals surface area (Å²) < 4.78 is 0. The van der Waals surface area contributed by atoms with Crippen molar-refractivity contribution in [3.05, 3.63) is 0 Å². The zero-order chi connectivity index (χ0) is 6.32. The van der Waals surface area contributed by atoms with Crippen LogP contribution in [0.3, 0.4) is 0 Å². The van der Waals surface area contributed by atoms with Gasteiger partial charge >= 0.3 is 0 Å². The number of fused-ring (bicyclic) bond motifs is 2. The summed E-state index contributed by atoms with van der Waals surface area (Å²) in [6.45, 7) is 0. The molecule has 3 fully saturated rings. The Morgan fingerprint density at radius 3 is 2.56 bits per heavy atom. The second-order valence-corrected chi connectivity index (χ2v) is 3.65. The van der Waals surface area contributed by atoms with Crippen molar-refractivity contribution < 1.29 is 4.79 Å². The first-order chi connectivity index (χ1) is 4.35. The molecule has 0 aromatic carbocycles. The molecule has 9 heavy (non-hydrogen) atoms. The van der Waals surface area contributed by atoms with Crippen LogP contribution in [0.15, 0.2) is 0 Å². The fourth-order valence-corrected chi connectivity index (χ4v) is 2.40. The molecule has 0 radical (unpaired) electrons. The normalized spacial score (nSPS) is 47.8. The molecule has 0 heterocycles. The van der Waals surface area contributed by atoms with Crippen LogP contribution in [0.25, 0.3) is 0 Å². The molecule has 0 amide bonds. The molecule has 0 unspecified atom stereocenters.